The van der Waals surface area contributed by atoms with E-state index in [-0.39, 0.29) is 16.9 Å². The van der Waals surface area contributed by atoms with Crippen molar-refractivity contribution in [3.8, 4) is 11.5 Å². The zero-order chi connectivity index (χ0) is 15.4. The largest absolute Gasteiger partial charge is 0.455 e. The van der Waals surface area contributed by atoms with Crippen molar-refractivity contribution in [2.24, 2.45) is 0 Å². The fraction of sp³-hybridized carbons (Fsp3) is 0.250. The van der Waals surface area contributed by atoms with E-state index in [0.29, 0.717) is 23.6 Å². The summed E-state index contributed by atoms with van der Waals surface area (Å²) in [5.41, 5.74) is 0.670. The van der Waals surface area contributed by atoms with Gasteiger partial charge in [0.1, 0.15) is 23.1 Å². The number of hydrogen-bond donors (Lipinski definition) is 1. The van der Waals surface area contributed by atoms with Crippen LogP contribution in [0.2, 0.25) is 5.02 Å². The fourth-order valence-corrected chi connectivity index (χ4v) is 1.98. The molecule has 21 heavy (non-hydrogen) atoms. The first kappa shape index (κ1) is 15.7. The molecule has 0 saturated carbocycles. The summed E-state index contributed by atoms with van der Waals surface area (Å²) in [6.45, 7) is 4.46. The molecule has 0 aliphatic carbocycles. The summed E-state index contributed by atoms with van der Waals surface area (Å²) < 4.78 is 32.1. The van der Waals surface area contributed by atoms with E-state index in [2.05, 4.69) is 5.32 Å². The normalized spacial score (nSPS) is 11.0. The van der Waals surface area contributed by atoms with Gasteiger partial charge in [-0.15, -0.1) is 0 Å². The average molecular weight is 312 g/mol. The Balaban J connectivity index is 2.26. The van der Waals surface area contributed by atoms with Gasteiger partial charge in [-0.05, 0) is 36.4 Å². The van der Waals surface area contributed by atoms with Crippen LogP contribution in [0.3, 0.4) is 0 Å². The van der Waals surface area contributed by atoms with Gasteiger partial charge in [-0.2, -0.15) is 0 Å². The first-order valence-electron chi connectivity index (χ1n) is 6.60. The highest BCUT2D eigenvalue weighted by Gasteiger charge is 2.10. The summed E-state index contributed by atoms with van der Waals surface area (Å²) in [4.78, 5) is 0. The maximum atomic E-state index is 13.4. The van der Waals surface area contributed by atoms with Gasteiger partial charge in [-0.1, -0.05) is 25.4 Å². The standard InChI is InChI=1S/C16H16ClF2NO/c1-10(2)20-9-11-7-12(18)3-5-15(11)21-16-6-4-13(19)8-14(16)17/h3-8,10,20H,9H2,1-2H3. The van der Waals surface area contributed by atoms with Crippen LogP contribution >= 0.6 is 11.6 Å². The lowest BCUT2D eigenvalue weighted by Gasteiger charge is -2.14. The van der Waals surface area contributed by atoms with Crippen LogP contribution in [0.25, 0.3) is 0 Å². The monoisotopic (exact) mass is 311 g/mol. The number of halogens is 3. The van der Waals surface area contributed by atoms with Gasteiger partial charge >= 0.3 is 0 Å². The molecule has 0 amide bonds. The molecule has 0 fully saturated rings. The maximum absolute atomic E-state index is 13.4. The van der Waals surface area contributed by atoms with Crippen molar-refractivity contribution < 1.29 is 13.5 Å². The molecule has 0 radical (unpaired) electrons. The van der Waals surface area contributed by atoms with E-state index in [1.165, 1.54) is 36.4 Å². The Morgan fingerprint density at radius 2 is 1.67 bits per heavy atom. The van der Waals surface area contributed by atoms with Crippen molar-refractivity contribution in [3.63, 3.8) is 0 Å². The van der Waals surface area contributed by atoms with E-state index < -0.39 is 5.82 Å². The Hall–Kier alpha value is -1.65. The van der Waals surface area contributed by atoms with Crippen molar-refractivity contribution in [3.05, 3.63) is 58.6 Å². The summed E-state index contributed by atoms with van der Waals surface area (Å²) in [6, 6.07) is 8.39. The molecule has 0 atom stereocenters. The van der Waals surface area contributed by atoms with Crippen LogP contribution < -0.4 is 10.1 Å². The SMILES string of the molecule is CC(C)NCc1cc(F)ccc1Oc1ccc(F)cc1Cl. The third kappa shape index (κ3) is 4.41. The molecule has 2 aromatic rings. The Bertz CT molecular complexity index is 632. The molecule has 0 spiro atoms. The number of rotatable bonds is 5. The molecule has 0 saturated heterocycles. The molecule has 0 heterocycles. The number of nitrogens with one attached hydrogen (secondary N) is 1. The molecule has 2 nitrogen and oxygen atoms in total. The van der Waals surface area contributed by atoms with Gasteiger partial charge in [0.05, 0.1) is 5.02 Å². The first-order valence-corrected chi connectivity index (χ1v) is 6.98. The molecular formula is C16H16ClF2NO. The number of hydrogen-bond acceptors (Lipinski definition) is 2. The lowest BCUT2D eigenvalue weighted by molar-refractivity contribution is 0.465. The van der Waals surface area contributed by atoms with E-state index in [1.807, 2.05) is 13.8 Å². The molecular weight excluding hydrogens is 296 g/mol. The van der Waals surface area contributed by atoms with E-state index in [4.69, 9.17) is 16.3 Å². The summed E-state index contributed by atoms with van der Waals surface area (Å²) in [7, 11) is 0. The molecule has 0 aromatic heterocycles. The fourth-order valence-electron chi connectivity index (χ4n) is 1.78. The third-order valence-corrected chi connectivity index (χ3v) is 3.13. The predicted octanol–water partition coefficient (Wildman–Crippen LogP) is 4.91. The van der Waals surface area contributed by atoms with E-state index in [9.17, 15) is 8.78 Å². The molecule has 0 bridgehead atoms. The molecule has 112 valence electrons. The van der Waals surface area contributed by atoms with E-state index >= 15 is 0 Å². The van der Waals surface area contributed by atoms with Gasteiger partial charge in [-0.25, -0.2) is 8.78 Å². The van der Waals surface area contributed by atoms with Gasteiger partial charge in [0.2, 0.25) is 0 Å². The van der Waals surface area contributed by atoms with Gasteiger partial charge in [0, 0.05) is 18.2 Å². The molecule has 0 aliphatic heterocycles. The van der Waals surface area contributed by atoms with Crippen LogP contribution in [-0.4, -0.2) is 6.04 Å². The Labute approximate surface area is 127 Å². The van der Waals surface area contributed by atoms with Crippen molar-refractivity contribution in [1.29, 1.82) is 0 Å². The Kier molecular flexibility index (Phi) is 5.15. The van der Waals surface area contributed by atoms with Crippen molar-refractivity contribution in [1.82, 2.24) is 5.32 Å². The minimum atomic E-state index is -0.437. The highest BCUT2D eigenvalue weighted by molar-refractivity contribution is 6.32. The first-order chi connectivity index (χ1) is 9.95. The summed E-state index contributed by atoms with van der Waals surface area (Å²) in [6.07, 6.45) is 0. The highest BCUT2D eigenvalue weighted by Crippen LogP contribution is 2.32. The minimum Gasteiger partial charge on any atom is -0.455 e. The molecule has 2 rings (SSSR count). The van der Waals surface area contributed by atoms with Crippen LogP contribution in [0.5, 0.6) is 11.5 Å². The molecule has 2 aromatic carbocycles. The lowest BCUT2D eigenvalue weighted by Crippen LogP contribution is -2.22. The predicted molar refractivity (Wildman–Crippen MR) is 79.9 cm³/mol. The lowest BCUT2D eigenvalue weighted by atomic mass is 10.2. The third-order valence-electron chi connectivity index (χ3n) is 2.84. The smallest absolute Gasteiger partial charge is 0.146 e. The van der Waals surface area contributed by atoms with E-state index in [1.54, 1.807) is 0 Å². The van der Waals surface area contributed by atoms with Gasteiger partial charge in [0.15, 0.2) is 0 Å². The summed E-state index contributed by atoms with van der Waals surface area (Å²) in [5, 5.41) is 3.37. The Morgan fingerprint density at radius 3 is 2.29 bits per heavy atom. The Morgan fingerprint density at radius 1 is 1.05 bits per heavy atom. The minimum absolute atomic E-state index is 0.169. The topological polar surface area (TPSA) is 21.3 Å². The molecule has 5 heteroatoms. The quantitative estimate of drug-likeness (QED) is 0.847. The second-order valence-corrected chi connectivity index (χ2v) is 5.37. The van der Waals surface area contributed by atoms with Crippen molar-refractivity contribution >= 4 is 11.6 Å². The zero-order valence-electron chi connectivity index (χ0n) is 11.8. The van der Waals surface area contributed by atoms with Gasteiger partial charge < -0.3 is 10.1 Å². The van der Waals surface area contributed by atoms with Crippen LogP contribution in [-0.2, 0) is 6.54 Å². The van der Waals surface area contributed by atoms with Crippen LogP contribution in [0, 0.1) is 11.6 Å². The molecule has 0 aliphatic rings. The second kappa shape index (κ2) is 6.87. The van der Waals surface area contributed by atoms with Crippen LogP contribution in [0.15, 0.2) is 36.4 Å². The average Bonchev–Trinajstić information content (AvgIpc) is 2.41. The van der Waals surface area contributed by atoms with E-state index in [0.717, 1.165) is 0 Å². The van der Waals surface area contributed by atoms with Crippen LogP contribution in [0.1, 0.15) is 19.4 Å². The number of ether oxygens (including phenoxy) is 1. The van der Waals surface area contributed by atoms with Crippen molar-refractivity contribution in [2.45, 2.75) is 26.4 Å². The van der Waals surface area contributed by atoms with Gasteiger partial charge in [0.25, 0.3) is 0 Å². The summed E-state index contributed by atoms with van der Waals surface area (Å²) >= 11 is 5.94. The number of benzene rings is 2. The second-order valence-electron chi connectivity index (χ2n) is 4.96. The summed E-state index contributed by atoms with van der Waals surface area (Å²) in [5.74, 6) is 0.0368. The molecule has 0 unspecified atom stereocenters. The van der Waals surface area contributed by atoms with Crippen LogP contribution in [0.4, 0.5) is 8.78 Å². The highest BCUT2D eigenvalue weighted by atomic mass is 35.5. The zero-order valence-corrected chi connectivity index (χ0v) is 12.5. The molecule has 1 N–H and O–H groups in total. The van der Waals surface area contributed by atoms with Crippen molar-refractivity contribution in [2.75, 3.05) is 0 Å². The maximum Gasteiger partial charge on any atom is 0.146 e. The van der Waals surface area contributed by atoms with Gasteiger partial charge in [-0.3, -0.25) is 0 Å².